The van der Waals surface area contributed by atoms with E-state index in [9.17, 15) is 14.4 Å². The van der Waals surface area contributed by atoms with Crippen molar-refractivity contribution < 1.29 is 19.1 Å². The summed E-state index contributed by atoms with van der Waals surface area (Å²) in [5, 5.41) is 5.27. The minimum Gasteiger partial charge on any atom is -0.444 e. The fourth-order valence-corrected chi connectivity index (χ4v) is 2.73. The van der Waals surface area contributed by atoms with Gasteiger partial charge in [0.15, 0.2) is 0 Å². The van der Waals surface area contributed by atoms with Gasteiger partial charge in [-0.2, -0.15) is 0 Å². The lowest BCUT2D eigenvalue weighted by molar-refractivity contribution is -0.125. The van der Waals surface area contributed by atoms with E-state index in [1.165, 1.54) is 11.9 Å². The van der Waals surface area contributed by atoms with Crippen LogP contribution in [-0.4, -0.2) is 48.0 Å². The van der Waals surface area contributed by atoms with Gasteiger partial charge in [0.1, 0.15) is 11.6 Å². The maximum atomic E-state index is 12.5. The average molecular weight is 412 g/mol. The number of hydrogen-bond donors (Lipinski definition) is 2. The molecule has 8 heteroatoms. The van der Waals surface area contributed by atoms with E-state index in [0.717, 1.165) is 4.47 Å². The molecule has 0 aromatic heterocycles. The lowest BCUT2D eigenvalue weighted by atomic mass is 10.0. The van der Waals surface area contributed by atoms with E-state index in [4.69, 9.17) is 4.74 Å². The van der Waals surface area contributed by atoms with Crippen LogP contribution in [0.3, 0.4) is 0 Å². The number of ether oxygens (including phenoxy) is 1. The maximum absolute atomic E-state index is 12.5. The molecule has 7 nitrogen and oxygen atoms in total. The molecule has 1 heterocycles. The molecule has 2 N–H and O–H groups in total. The molecule has 1 aliphatic heterocycles. The van der Waals surface area contributed by atoms with Crippen molar-refractivity contribution in [2.45, 2.75) is 38.8 Å². The van der Waals surface area contributed by atoms with Gasteiger partial charge in [-0.15, -0.1) is 0 Å². The van der Waals surface area contributed by atoms with Crippen LogP contribution in [0.4, 0.5) is 10.5 Å². The standard InChI is InChI=1S/C17H22BrN3O4/c1-17(2,3)25-16(24)21-8-7-13(21)15(23)20-12-9-10(18)5-6-11(12)14(22)19-4/h5-6,9,13H,7-8H2,1-4H3,(H,19,22)(H,20,23). The molecule has 2 rings (SSSR count). The first-order valence-corrected chi connectivity index (χ1v) is 8.74. The summed E-state index contributed by atoms with van der Waals surface area (Å²) in [6.07, 6.45) is 0.0358. The van der Waals surface area contributed by atoms with Gasteiger partial charge in [0.05, 0.1) is 11.3 Å². The zero-order valence-electron chi connectivity index (χ0n) is 14.7. The molecular weight excluding hydrogens is 390 g/mol. The summed E-state index contributed by atoms with van der Waals surface area (Å²) in [6, 6.07) is 4.38. The first-order valence-electron chi connectivity index (χ1n) is 7.94. The van der Waals surface area contributed by atoms with Gasteiger partial charge in [0.2, 0.25) is 5.91 Å². The van der Waals surface area contributed by atoms with E-state index in [1.807, 2.05) is 0 Å². The van der Waals surface area contributed by atoms with Crippen LogP contribution in [0.1, 0.15) is 37.6 Å². The highest BCUT2D eigenvalue weighted by Gasteiger charge is 2.40. The second kappa shape index (κ2) is 7.43. The number of halogens is 1. The van der Waals surface area contributed by atoms with E-state index in [1.54, 1.807) is 39.0 Å². The Balaban J connectivity index is 2.11. The third kappa shape index (κ3) is 4.72. The van der Waals surface area contributed by atoms with Crippen LogP contribution in [0.5, 0.6) is 0 Å². The number of amides is 3. The SMILES string of the molecule is CNC(=O)c1ccc(Br)cc1NC(=O)C1CCN1C(=O)OC(C)(C)C. The van der Waals surface area contributed by atoms with Crippen LogP contribution in [0, 0.1) is 0 Å². The van der Waals surface area contributed by atoms with E-state index in [2.05, 4.69) is 26.6 Å². The zero-order valence-corrected chi connectivity index (χ0v) is 16.3. The largest absolute Gasteiger partial charge is 0.444 e. The van der Waals surface area contributed by atoms with Crippen molar-refractivity contribution in [1.29, 1.82) is 0 Å². The fourth-order valence-electron chi connectivity index (χ4n) is 2.37. The molecule has 0 aliphatic carbocycles. The van der Waals surface area contributed by atoms with Gasteiger partial charge < -0.3 is 15.4 Å². The van der Waals surface area contributed by atoms with Crippen molar-refractivity contribution in [3.63, 3.8) is 0 Å². The summed E-state index contributed by atoms with van der Waals surface area (Å²) in [4.78, 5) is 38.0. The topological polar surface area (TPSA) is 87.7 Å². The molecule has 1 aromatic rings. The Bertz CT molecular complexity index is 700. The van der Waals surface area contributed by atoms with Crippen LogP contribution in [0.15, 0.2) is 22.7 Å². The molecule has 25 heavy (non-hydrogen) atoms. The molecule has 1 aromatic carbocycles. The summed E-state index contributed by atoms with van der Waals surface area (Å²) in [5.74, 6) is -0.652. The van der Waals surface area contributed by atoms with E-state index >= 15 is 0 Å². The number of nitrogens with one attached hydrogen (secondary N) is 2. The van der Waals surface area contributed by atoms with E-state index in [-0.39, 0.29) is 11.8 Å². The predicted octanol–water partition coefficient (Wildman–Crippen LogP) is 2.76. The zero-order chi connectivity index (χ0) is 18.8. The lowest BCUT2D eigenvalue weighted by Crippen LogP contribution is -2.57. The van der Waals surface area contributed by atoms with Crippen molar-refractivity contribution in [1.82, 2.24) is 10.2 Å². The Morgan fingerprint density at radius 2 is 1.96 bits per heavy atom. The lowest BCUT2D eigenvalue weighted by Gasteiger charge is -2.40. The van der Waals surface area contributed by atoms with Gasteiger partial charge in [-0.05, 0) is 45.4 Å². The van der Waals surface area contributed by atoms with Crippen LogP contribution in [0.25, 0.3) is 0 Å². The van der Waals surface area contributed by atoms with Crippen LogP contribution in [0.2, 0.25) is 0 Å². The van der Waals surface area contributed by atoms with Crippen LogP contribution < -0.4 is 10.6 Å². The van der Waals surface area contributed by atoms with Gasteiger partial charge in [0, 0.05) is 18.1 Å². The van der Waals surface area contributed by atoms with Crippen molar-refractivity contribution >= 4 is 39.5 Å². The Morgan fingerprint density at radius 1 is 1.28 bits per heavy atom. The summed E-state index contributed by atoms with van der Waals surface area (Å²) < 4.78 is 6.04. The quantitative estimate of drug-likeness (QED) is 0.800. The maximum Gasteiger partial charge on any atom is 0.410 e. The van der Waals surface area contributed by atoms with Gasteiger partial charge in [-0.3, -0.25) is 14.5 Å². The van der Waals surface area contributed by atoms with E-state index < -0.39 is 17.7 Å². The number of rotatable bonds is 3. The first-order chi connectivity index (χ1) is 11.6. The second-order valence-electron chi connectivity index (χ2n) is 6.74. The second-order valence-corrected chi connectivity index (χ2v) is 7.65. The molecular formula is C17H22BrN3O4. The number of anilines is 1. The molecule has 0 saturated carbocycles. The minimum atomic E-state index is -0.621. The van der Waals surface area contributed by atoms with Crippen LogP contribution in [-0.2, 0) is 9.53 Å². The number of benzene rings is 1. The summed E-state index contributed by atoms with van der Waals surface area (Å²) in [6.45, 7) is 5.79. The fraction of sp³-hybridized carbons (Fsp3) is 0.471. The minimum absolute atomic E-state index is 0.305. The Morgan fingerprint density at radius 3 is 2.48 bits per heavy atom. The van der Waals surface area contributed by atoms with Crippen molar-refractivity contribution in [2.75, 3.05) is 18.9 Å². The normalized spacial score (nSPS) is 16.7. The van der Waals surface area contributed by atoms with Gasteiger partial charge in [-0.25, -0.2) is 4.79 Å². The third-order valence-electron chi connectivity index (χ3n) is 3.66. The molecule has 1 atom stereocenters. The molecule has 1 aliphatic rings. The number of nitrogens with zero attached hydrogens (tertiary/aromatic N) is 1. The van der Waals surface area contributed by atoms with Crippen molar-refractivity contribution in [2.24, 2.45) is 0 Å². The molecule has 0 radical (unpaired) electrons. The highest BCUT2D eigenvalue weighted by atomic mass is 79.9. The molecule has 1 fully saturated rings. The Kier molecular flexibility index (Phi) is 5.72. The average Bonchev–Trinajstić information content (AvgIpc) is 2.43. The summed E-state index contributed by atoms with van der Waals surface area (Å²) in [5.41, 5.74) is 0.113. The first kappa shape index (κ1) is 19.2. The Hall–Kier alpha value is -2.09. The molecule has 1 saturated heterocycles. The Labute approximate surface area is 155 Å². The van der Waals surface area contributed by atoms with Crippen LogP contribution >= 0.6 is 15.9 Å². The molecule has 0 bridgehead atoms. The highest BCUT2D eigenvalue weighted by Crippen LogP contribution is 2.25. The number of carbonyl (C=O) groups excluding carboxylic acids is 3. The van der Waals surface area contributed by atoms with Gasteiger partial charge in [0.25, 0.3) is 5.91 Å². The number of likely N-dealkylation sites (tertiary alicyclic amines) is 1. The predicted molar refractivity (Wildman–Crippen MR) is 97.5 cm³/mol. The third-order valence-corrected chi connectivity index (χ3v) is 4.15. The van der Waals surface area contributed by atoms with Crippen molar-refractivity contribution in [3.8, 4) is 0 Å². The molecule has 1 unspecified atom stereocenters. The van der Waals surface area contributed by atoms with Gasteiger partial charge in [-0.1, -0.05) is 15.9 Å². The molecule has 0 spiro atoms. The number of carbonyl (C=O) groups is 3. The van der Waals surface area contributed by atoms with E-state index in [0.29, 0.717) is 24.2 Å². The molecule has 3 amide bonds. The smallest absolute Gasteiger partial charge is 0.410 e. The highest BCUT2D eigenvalue weighted by molar-refractivity contribution is 9.10. The summed E-state index contributed by atoms with van der Waals surface area (Å²) in [7, 11) is 1.52. The van der Waals surface area contributed by atoms with Gasteiger partial charge >= 0.3 is 6.09 Å². The summed E-state index contributed by atoms with van der Waals surface area (Å²) >= 11 is 3.33. The monoisotopic (exact) mass is 411 g/mol. The number of hydrogen-bond acceptors (Lipinski definition) is 4. The molecule has 136 valence electrons. The van der Waals surface area contributed by atoms with Crippen molar-refractivity contribution in [3.05, 3.63) is 28.2 Å².